The summed E-state index contributed by atoms with van der Waals surface area (Å²) in [7, 11) is 4.00. The molecule has 1 aliphatic rings. The molecule has 3 atom stereocenters. The van der Waals surface area contributed by atoms with Gasteiger partial charge < -0.3 is 10.2 Å². The number of nitrogens with one attached hydrogen (secondary N) is 3. The summed E-state index contributed by atoms with van der Waals surface area (Å²) in [4.78, 5) is 25.7. The fourth-order valence-electron chi connectivity index (χ4n) is 2.70. The van der Waals surface area contributed by atoms with Gasteiger partial charge in [0, 0.05) is 6.54 Å². The molecule has 0 aromatic heterocycles. The van der Waals surface area contributed by atoms with Gasteiger partial charge in [0.15, 0.2) is 0 Å². The Morgan fingerprint density at radius 3 is 2.35 bits per heavy atom. The van der Waals surface area contributed by atoms with Crippen molar-refractivity contribution in [3.05, 3.63) is 35.4 Å². The van der Waals surface area contributed by atoms with Gasteiger partial charge in [0.05, 0.1) is 12.1 Å². The standard InChI is InChI=1S/C17H26N4O2/c1-11-5-7-13(8-6-11)16(21(3)4)10-18-17(23)15-9-14(12(2)22)19-20-15/h5-8,14-16,19-20H,9-10H2,1-4H3,(H,18,23). The fourth-order valence-corrected chi connectivity index (χ4v) is 2.70. The van der Waals surface area contributed by atoms with Crippen LogP contribution in [0.5, 0.6) is 0 Å². The van der Waals surface area contributed by atoms with Crippen molar-refractivity contribution in [2.75, 3.05) is 20.6 Å². The summed E-state index contributed by atoms with van der Waals surface area (Å²) in [6, 6.07) is 7.79. The van der Waals surface area contributed by atoms with Gasteiger partial charge in [0.1, 0.15) is 11.8 Å². The van der Waals surface area contributed by atoms with E-state index in [0.717, 1.165) is 0 Å². The summed E-state index contributed by atoms with van der Waals surface area (Å²) in [6.45, 7) is 4.11. The molecule has 23 heavy (non-hydrogen) atoms. The third-order valence-electron chi connectivity index (χ3n) is 4.27. The minimum absolute atomic E-state index is 0.0404. The Bertz CT molecular complexity index is 556. The Balaban J connectivity index is 1.93. The first-order valence-corrected chi connectivity index (χ1v) is 7.90. The number of carbonyl (C=O) groups is 2. The fraction of sp³-hybridized carbons (Fsp3) is 0.529. The van der Waals surface area contributed by atoms with Crippen LogP contribution in [0.25, 0.3) is 0 Å². The third-order valence-corrected chi connectivity index (χ3v) is 4.27. The van der Waals surface area contributed by atoms with Crippen molar-refractivity contribution in [3.8, 4) is 0 Å². The highest BCUT2D eigenvalue weighted by molar-refractivity contribution is 5.86. The summed E-state index contributed by atoms with van der Waals surface area (Å²) in [5, 5.41) is 2.98. The number of nitrogens with zero attached hydrogens (tertiary/aromatic N) is 1. The molecule has 1 aromatic carbocycles. The van der Waals surface area contributed by atoms with Crippen LogP contribution in [-0.4, -0.2) is 49.3 Å². The molecule has 6 heteroatoms. The van der Waals surface area contributed by atoms with Gasteiger partial charge in [-0.15, -0.1) is 0 Å². The van der Waals surface area contributed by atoms with Crippen LogP contribution in [0, 0.1) is 6.92 Å². The first-order chi connectivity index (χ1) is 10.9. The largest absolute Gasteiger partial charge is 0.353 e. The number of carbonyl (C=O) groups excluding carboxylic acids is 2. The van der Waals surface area contributed by atoms with Crippen LogP contribution in [0.3, 0.4) is 0 Å². The van der Waals surface area contributed by atoms with Crippen molar-refractivity contribution in [2.24, 2.45) is 0 Å². The number of Topliss-reactive ketones (excluding diaryl/α,β-unsaturated/α-hetero) is 1. The van der Waals surface area contributed by atoms with Gasteiger partial charge in [-0.2, -0.15) is 0 Å². The van der Waals surface area contributed by atoms with Gasteiger partial charge in [-0.1, -0.05) is 29.8 Å². The first-order valence-electron chi connectivity index (χ1n) is 7.90. The molecule has 3 unspecified atom stereocenters. The van der Waals surface area contributed by atoms with E-state index >= 15 is 0 Å². The van der Waals surface area contributed by atoms with Gasteiger partial charge in [-0.05, 0) is 39.9 Å². The highest BCUT2D eigenvalue weighted by atomic mass is 16.2. The van der Waals surface area contributed by atoms with Crippen molar-refractivity contribution in [1.82, 2.24) is 21.1 Å². The van der Waals surface area contributed by atoms with Crippen molar-refractivity contribution in [2.45, 2.75) is 38.4 Å². The van der Waals surface area contributed by atoms with E-state index in [2.05, 4.69) is 52.3 Å². The molecule has 6 nitrogen and oxygen atoms in total. The monoisotopic (exact) mass is 318 g/mol. The van der Waals surface area contributed by atoms with Crippen LogP contribution in [0.1, 0.15) is 30.5 Å². The lowest BCUT2D eigenvalue weighted by molar-refractivity contribution is -0.123. The SMILES string of the molecule is CC(=O)C1CC(C(=O)NCC(c2ccc(C)cc2)N(C)C)NN1. The normalized spacial score (nSPS) is 22.1. The van der Waals surface area contributed by atoms with Crippen LogP contribution in [0.15, 0.2) is 24.3 Å². The summed E-state index contributed by atoms with van der Waals surface area (Å²) >= 11 is 0. The molecular weight excluding hydrogens is 292 g/mol. The number of aryl methyl sites for hydroxylation is 1. The van der Waals surface area contributed by atoms with E-state index in [9.17, 15) is 9.59 Å². The number of ketones is 1. The molecule has 0 saturated carbocycles. The number of hydrogen-bond donors (Lipinski definition) is 3. The van der Waals surface area contributed by atoms with Crippen molar-refractivity contribution < 1.29 is 9.59 Å². The van der Waals surface area contributed by atoms with Crippen LogP contribution < -0.4 is 16.2 Å². The van der Waals surface area contributed by atoms with Crippen LogP contribution in [0.4, 0.5) is 0 Å². The molecule has 1 fully saturated rings. The lowest BCUT2D eigenvalue weighted by atomic mass is 10.0. The van der Waals surface area contributed by atoms with Gasteiger partial charge in [-0.25, -0.2) is 10.9 Å². The maximum absolute atomic E-state index is 12.3. The van der Waals surface area contributed by atoms with Gasteiger partial charge in [0.25, 0.3) is 0 Å². The van der Waals surface area contributed by atoms with Crippen LogP contribution in [0.2, 0.25) is 0 Å². The Kier molecular flexibility index (Phi) is 5.87. The Morgan fingerprint density at radius 1 is 1.22 bits per heavy atom. The van der Waals surface area contributed by atoms with E-state index in [4.69, 9.17) is 0 Å². The molecular formula is C17H26N4O2. The molecule has 0 spiro atoms. The zero-order valence-corrected chi connectivity index (χ0v) is 14.2. The maximum Gasteiger partial charge on any atom is 0.238 e. The summed E-state index contributed by atoms with van der Waals surface area (Å²) in [5.41, 5.74) is 8.14. The van der Waals surface area contributed by atoms with Gasteiger partial charge >= 0.3 is 0 Å². The molecule has 0 aliphatic carbocycles. The lowest BCUT2D eigenvalue weighted by Gasteiger charge is -2.26. The zero-order valence-electron chi connectivity index (χ0n) is 14.2. The molecule has 1 saturated heterocycles. The number of rotatable bonds is 6. The molecule has 0 radical (unpaired) electrons. The Morgan fingerprint density at radius 2 is 1.83 bits per heavy atom. The minimum Gasteiger partial charge on any atom is -0.353 e. The summed E-state index contributed by atoms with van der Waals surface area (Å²) in [5.74, 6) is -0.0427. The van der Waals surface area contributed by atoms with Gasteiger partial charge in [0.2, 0.25) is 5.91 Å². The Hall–Kier alpha value is -1.76. The Labute approximate surface area is 137 Å². The number of benzene rings is 1. The third kappa shape index (κ3) is 4.60. The molecule has 1 aliphatic heterocycles. The zero-order chi connectivity index (χ0) is 17.0. The molecule has 2 rings (SSSR count). The number of hydrogen-bond acceptors (Lipinski definition) is 5. The van der Waals surface area contributed by atoms with Crippen LogP contribution in [-0.2, 0) is 9.59 Å². The van der Waals surface area contributed by atoms with E-state index in [-0.39, 0.29) is 29.8 Å². The molecule has 1 aromatic rings. The number of amides is 1. The first kappa shape index (κ1) is 17.6. The highest BCUT2D eigenvalue weighted by Gasteiger charge is 2.31. The van der Waals surface area contributed by atoms with E-state index in [1.807, 2.05) is 14.1 Å². The molecule has 0 bridgehead atoms. The minimum atomic E-state index is -0.371. The topological polar surface area (TPSA) is 73.5 Å². The molecule has 1 heterocycles. The van der Waals surface area contributed by atoms with Crippen molar-refractivity contribution in [3.63, 3.8) is 0 Å². The maximum atomic E-state index is 12.3. The van der Waals surface area contributed by atoms with Crippen molar-refractivity contribution in [1.29, 1.82) is 0 Å². The average Bonchev–Trinajstić information content (AvgIpc) is 2.99. The lowest BCUT2D eigenvalue weighted by Crippen LogP contribution is -2.45. The predicted molar refractivity (Wildman–Crippen MR) is 89.8 cm³/mol. The highest BCUT2D eigenvalue weighted by Crippen LogP contribution is 2.18. The van der Waals surface area contributed by atoms with E-state index in [1.165, 1.54) is 18.1 Å². The smallest absolute Gasteiger partial charge is 0.238 e. The van der Waals surface area contributed by atoms with Crippen LogP contribution >= 0.6 is 0 Å². The quantitative estimate of drug-likeness (QED) is 0.714. The predicted octanol–water partition coefficient (Wildman–Crippen LogP) is 0.538. The summed E-state index contributed by atoms with van der Waals surface area (Å²) < 4.78 is 0. The summed E-state index contributed by atoms with van der Waals surface area (Å²) in [6.07, 6.45) is 0.484. The van der Waals surface area contributed by atoms with E-state index in [0.29, 0.717) is 13.0 Å². The number of hydrazine groups is 1. The second-order valence-electron chi connectivity index (χ2n) is 6.38. The number of likely N-dealkylation sites (N-methyl/N-ethyl adjacent to an activating group) is 1. The molecule has 3 N–H and O–H groups in total. The molecule has 126 valence electrons. The second kappa shape index (κ2) is 7.68. The second-order valence-corrected chi connectivity index (χ2v) is 6.38. The van der Waals surface area contributed by atoms with Crippen molar-refractivity contribution >= 4 is 11.7 Å². The average molecular weight is 318 g/mol. The van der Waals surface area contributed by atoms with E-state index < -0.39 is 0 Å². The van der Waals surface area contributed by atoms with E-state index in [1.54, 1.807) is 0 Å². The molecule has 1 amide bonds. The van der Waals surface area contributed by atoms with Gasteiger partial charge in [-0.3, -0.25) is 9.59 Å².